The summed E-state index contributed by atoms with van der Waals surface area (Å²) in [4.78, 5) is 26.4. The highest BCUT2D eigenvalue weighted by Gasteiger charge is 2.35. The highest BCUT2D eigenvalue weighted by Crippen LogP contribution is 2.10. The Morgan fingerprint density at radius 1 is 1.35 bits per heavy atom. The molecule has 0 aromatic carbocycles. The van der Waals surface area contributed by atoms with E-state index in [4.69, 9.17) is 4.74 Å². The van der Waals surface area contributed by atoms with E-state index in [9.17, 15) is 9.59 Å². The Balaban J connectivity index is 1.68. The monoisotopic (exact) mass is 241 g/mol. The molecule has 2 fully saturated rings. The van der Waals surface area contributed by atoms with Gasteiger partial charge in [0.2, 0.25) is 11.8 Å². The summed E-state index contributed by atoms with van der Waals surface area (Å²) in [5.41, 5.74) is 0. The Morgan fingerprint density at radius 2 is 2.06 bits per heavy atom. The van der Waals surface area contributed by atoms with Crippen LogP contribution in [0.15, 0.2) is 0 Å². The molecule has 2 aliphatic heterocycles. The standard InChI is InChI=1S/C11H19N3O3/c1-13-10(15)8-9(11(13)16)12-2-3-14-4-6-17-7-5-14/h9,12H,2-8H2,1H3. The molecular formula is C11H19N3O3. The first-order valence-electron chi connectivity index (χ1n) is 6.02. The number of likely N-dealkylation sites (tertiary alicyclic amines) is 1. The van der Waals surface area contributed by atoms with E-state index in [1.165, 1.54) is 11.9 Å². The van der Waals surface area contributed by atoms with Crippen LogP contribution in [0.25, 0.3) is 0 Å². The van der Waals surface area contributed by atoms with Crippen molar-refractivity contribution in [2.45, 2.75) is 12.5 Å². The maximum atomic E-state index is 11.6. The lowest BCUT2D eigenvalue weighted by molar-refractivity contribution is -0.137. The van der Waals surface area contributed by atoms with Crippen molar-refractivity contribution in [3.63, 3.8) is 0 Å². The van der Waals surface area contributed by atoms with Crippen molar-refractivity contribution in [1.29, 1.82) is 0 Å². The number of nitrogens with zero attached hydrogens (tertiary/aromatic N) is 2. The van der Waals surface area contributed by atoms with Crippen LogP contribution in [0.2, 0.25) is 0 Å². The van der Waals surface area contributed by atoms with Gasteiger partial charge in [-0.25, -0.2) is 0 Å². The molecule has 1 unspecified atom stereocenters. The molecule has 0 bridgehead atoms. The predicted octanol–water partition coefficient (Wildman–Crippen LogP) is -1.33. The van der Waals surface area contributed by atoms with Crippen molar-refractivity contribution >= 4 is 11.8 Å². The number of hydrogen-bond acceptors (Lipinski definition) is 5. The van der Waals surface area contributed by atoms with E-state index in [2.05, 4.69) is 10.2 Å². The molecule has 0 aromatic rings. The summed E-state index contributed by atoms with van der Waals surface area (Å²) in [6.45, 7) is 5.08. The zero-order chi connectivity index (χ0) is 12.3. The van der Waals surface area contributed by atoms with Crippen LogP contribution >= 0.6 is 0 Å². The Bertz CT molecular complexity index is 302. The second kappa shape index (κ2) is 5.57. The van der Waals surface area contributed by atoms with Crippen molar-refractivity contribution in [3.8, 4) is 0 Å². The van der Waals surface area contributed by atoms with Crippen molar-refractivity contribution in [2.24, 2.45) is 0 Å². The largest absolute Gasteiger partial charge is 0.379 e. The van der Waals surface area contributed by atoms with Crippen LogP contribution in [0.5, 0.6) is 0 Å². The molecule has 0 spiro atoms. The Labute approximate surface area is 101 Å². The summed E-state index contributed by atoms with van der Waals surface area (Å²) < 4.78 is 5.26. The molecule has 0 radical (unpaired) electrons. The first kappa shape index (κ1) is 12.5. The number of carbonyl (C=O) groups is 2. The van der Waals surface area contributed by atoms with Crippen LogP contribution in [0, 0.1) is 0 Å². The molecule has 2 rings (SSSR count). The maximum absolute atomic E-state index is 11.6. The van der Waals surface area contributed by atoms with Crippen LogP contribution in [0.3, 0.4) is 0 Å². The van der Waals surface area contributed by atoms with Crippen molar-refractivity contribution in [1.82, 2.24) is 15.1 Å². The van der Waals surface area contributed by atoms with Crippen LogP contribution in [0.1, 0.15) is 6.42 Å². The number of rotatable bonds is 4. The summed E-state index contributed by atoms with van der Waals surface area (Å²) in [6.07, 6.45) is 0.290. The summed E-state index contributed by atoms with van der Waals surface area (Å²) in [5.74, 6) is -0.212. The van der Waals surface area contributed by atoms with E-state index in [0.717, 1.165) is 39.4 Å². The van der Waals surface area contributed by atoms with Gasteiger partial charge in [-0.1, -0.05) is 0 Å². The van der Waals surface area contributed by atoms with Gasteiger partial charge in [0.15, 0.2) is 0 Å². The third-order valence-electron chi connectivity index (χ3n) is 3.30. The van der Waals surface area contributed by atoms with Crippen LogP contribution < -0.4 is 5.32 Å². The molecule has 2 saturated heterocycles. The molecule has 96 valence electrons. The SMILES string of the molecule is CN1C(=O)CC(NCCN2CCOCC2)C1=O. The lowest BCUT2D eigenvalue weighted by atomic mass is 10.2. The molecule has 2 aliphatic rings. The number of nitrogens with one attached hydrogen (secondary N) is 1. The van der Waals surface area contributed by atoms with Gasteiger partial charge in [0.25, 0.3) is 0 Å². The number of likely N-dealkylation sites (N-methyl/N-ethyl adjacent to an activating group) is 1. The lowest BCUT2D eigenvalue weighted by Crippen LogP contribution is -2.44. The highest BCUT2D eigenvalue weighted by molar-refractivity contribution is 6.05. The fourth-order valence-electron chi connectivity index (χ4n) is 2.14. The minimum Gasteiger partial charge on any atom is -0.379 e. The van der Waals surface area contributed by atoms with E-state index in [1.807, 2.05) is 0 Å². The van der Waals surface area contributed by atoms with Crippen molar-refractivity contribution in [2.75, 3.05) is 46.4 Å². The van der Waals surface area contributed by atoms with Gasteiger partial charge in [-0.3, -0.25) is 19.4 Å². The smallest absolute Gasteiger partial charge is 0.246 e. The van der Waals surface area contributed by atoms with Gasteiger partial charge in [-0.05, 0) is 0 Å². The van der Waals surface area contributed by atoms with Gasteiger partial charge in [0, 0.05) is 33.2 Å². The molecule has 6 heteroatoms. The summed E-state index contributed by atoms with van der Waals surface area (Å²) >= 11 is 0. The van der Waals surface area contributed by atoms with Gasteiger partial charge in [-0.2, -0.15) is 0 Å². The maximum Gasteiger partial charge on any atom is 0.246 e. The number of ether oxygens (including phenoxy) is 1. The Kier molecular flexibility index (Phi) is 4.09. The average molecular weight is 241 g/mol. The first-order valence-corrected chi connectivity index (χ1v) is 6.02. The minimum atomic E-state index is -0.325. The third kappa shape index (κ3) is 3.02. The zero-order valence-corrected chi connectivity index (χ0v) is 10.1. The van der Waals surface area contributed by atoms with Gasteiger partial charge >= 0.3 is 0 Å². The Morgan fingerprint density at radius 3 is 2.65 bits per heavy atom. The fraction of sp³-hybridized carbons (Fsp3) is 0.818. The van der Waals surface area contributed by atoms with E-state index in [0.29, 0.717) is 6.42 Å². The summed E-state index contributed by atoms with van der Waals surface area (Å²) in [7, 11) is 1.54. The third-order valence-corrected chi connectivity index (χ3v) is 3.30. The molecule has 2 heterocycles. The van der Waals surface area contributed by atoms with Crippen molar-refractivity contribution < 1.29 is 14.3 Å². The number of morpholine rings is 1. The minimum absolute atomic E-state index is 0.0983. The fourth-order valence-corrected chi connectivity index (χ4v) is 2.14. The van der Waals surface area contributed by atoms with Gasteiger partial charge in [0.05, 0.1) is 25.7 Å². The van der Waals surface area contributed by atoms with Gasteiger partial charge in [-0.15, -0.1) is 0 Å². The lowest BCUT2D eigenvalue weighted by Gasteiger charge is -2.26. The first-order chi connectivity index (χ1) is 8.18. The molecule has 17 heavy (non-hydrogen) atoms. The van der Waals surface area contributed by atoms with Gasteiger partial charge < -0.3 is 10.1 Å². The molecular weight excluding hydrogens is 222 g/mol. The average Bonchev–Trinajstić information content (AvgIpc) is 2.59. The quantitative estimate of drug-likeness (QED) is 0.618. The molecule has 0 aliphatic carbocycles. The van der Waals surface area contributed by atoms with E-state index >= 15 is 0 Å². The molecule has 0 saturated carbocycles. The van der Waals surface area contributed by atoms with Crippen LogP contribution in [0.4, 0.5) is 0 Å². The number of amides is 2. The van der Waals surface area contributed by atoms with E-state index < -0.39 is 0 Å². The normalized spacial score (nSPS) is 26.9. The van der Waals surface area contributed by atoms with Crippen LogP contribution in [-0.2, 0) is 14.3 Å². The molecule has 1 atom stereocenters. The Hall–Kier alpha value is -0.980. The number of carbonyl (C=O) groups excluding carboxylic acids is 2. The highest BCUT2D eigenvalue weighted by atomic mass is 16.5. The second-order valence-corrected chi connectivity index (χ2v) is 4.46. The van der Waals surface area contributed by atoms with E-state index in [1.54, 1.807) is 0 Å². The van der Waals surface area contributed by atoms with Crippen molar-refractivity contribution in [3.05, 3.63) is 0 Å². The summed E-state index contributed by atoms with van der Waals surface area (Å²) in [5, 5.41) is 3.14. The second-order valence-electron chi connectivity index (χ2n) is 4.46. The molecule has 1 N–H and O–H groups in total. The van der Waals surface area contributed by atoms with Crippen LogP contribution in [-0.4, -0.2) is 74.1 Å². The topological polar surface area (TPSA) is 61.9 Å². The molecule has 0 aromatic heterocycles. The number of imide groups is 1. The summed E-state index contributed by atoms with van der Waals surface area (Å²) in [6, 6.07) is -0.325. The predicted molar refractivity (Wildman–Crippen MR) is 61.4 cm³/mol. The van der Waals surface area contributed by atoms with E-state index in [-0.39, 0.29) is 17.9 Å². The zero-order valence-electron chi connectivity index (χ0n) is 10.1. The molecule has 2 amide bonds. The van der Waals surface area contributed by atoms with Gasteiger partial charge in [0.1, 0.15) is 0 Å². The number of hydrogen-bond donors (Lipinski definition) is 1. The molecule has 6 nitrogen and oxygen atoms in total.